The first kappa shape index (κ1) is 17.9. The molecule has 5 nitrogen and oxygen atoms in total. The van der Waals surface area contributed by atoms with E-state index in [1.54, 1.807) is 0 Å². The number of hydrogen-bond donors (Lipinski definition) is 1. The van der Waals surface area contributed by atoms with Crippen molar-refractivity contribution in [3.05, 3.63) is 35.9 Å². The van der Waals surface area contributed by atoms with Gasteiger partial charge in [-0.1, -0.05) is 18.2 Å². The summed E-state index contributed by atoms with van der Waals surface area (Å²) in [6.45, 7) is 4.70. The minimum atomic E-state index is -0.528. The van der Waals surface area contributed by atoms with Crippen molar-refractivity contribution in [1.82, 2.24) is 9.80 Å². The molecule has 2 saturated heterocycles. The van der Waals surface area contributed by atoms with Gasteiger partial charge >= 0.3 is 0 Å². The average Bonchev–Trinajstić information content (AvgIpc) is 2.67. The van der Waals surface area contributed by atoms with Gasteiger partial charge in [-0.25, -0.2) is 0 Å². The van der Waals surface area contributed by atoms with Gasteiger partial charge in [0.25, 0.3) is 5.91 Å². The first-order valence-electron chi connectivity index (χ1n) is 9.28. The highest BCUT2D eigenvalue weighted by molar-refractivity contribution is 5.95. The summed E-state index contributed by atoms with van der Waals surface area (Å²) < 4.78 is 0. The van der Waals surface area contributed by atoms with Crippen LogP contribution in [0.3, 0.4) is 0 Å². The lowest BCUT2D eigenvalue weighted by molar-refractivity contribution is -0.146. The van der Waals surface area contributed by atoms with Crippen LogP contribution >= 0.6 is 0 Å². The van der Waals surface area contributed by atoms with Crippen molar-refractivity contribution in [2.24, 2.45) is 11.3 Å². The van der Waals surface area contributed by atoms with Crippen LogP contribution in [0.15, 0.2) is 30.3 Å². The van der Waals surface area contributed by atoms with E-state index in [2.05, 4.69) is 0 Å². The zero-order chi connectivity index (χ0) is 17.9. The highest BCUT2D eigenvalue weighted by Crippen LogP contribution is 2.33. The summed E-state index contributed by atoms with van der Waals surface area (Å²) in [7, 11) is 0. The Bertz CT molecular complexity index is 619. The maximum absolute atomic E-state index is 13.1. The molecule has 2 atom stereocenters. The molecule has 0 aliphatic carbocycles. The van der Waals surface area contributed by atoms with E-state index in [0.29, 0.717) is 25.2 Å². The number of carbonyl (C=O) groups excluding carboxylic acids is 2. The van der Waals surface area contributed by atoms with Gasteiger partial charge in [-0.05, 0) is 50.7 Å². The number of aliphatic hydroxyl groups excluding tert-OH is 1. The maximum atomic E-state index is 13.1. The number of amides is 2. The Morgan fingerprint density at radius 2 is 1.88 bits per heavy atom. The van der Waals surface area contributed by atoms with Crippen LogP contribution in [0.1, 0.15) is 43.0 Å². The van der Waals surface area contributed by atoms with Gasteiger partial charge in [0, 0.05) is 38.3 Å². The molecular weight excluding hydrogens is 316 g/mol. The number of carbonyl (C=O) groups is 2. The third-order valence-corrected chi connectivity index (χ3v) is 5.59. The van der Waals surface area contributed by atoms with E-state index >= 15 is 0 Å². The Kier molecular flexibility index (Phi) is 5.42. The summed E-state index contributed by atoms with van der Waals surface area (Å²) >= 11 is 0. The van der Waals surface area contributed by atoms with Gasteiger partial charge in [-0.2, -0.15) is 0 Å². The lowest BCUT2D eigenvalue weighted by Gasteiger charge is -2.43. The maximum Gasteiger partial charge on any atom is 0.253 e. The summed E-state index contributed by atoms with van der Waals surface area (Å²) in [6.07, 6.45) is 3.58. The molecule has 25 heavy (non-hydrogen) atoms. The van der Waals surface area contributed by atoms with E-state index in [4.69, 9.17) is 0 Å². The largest absolute Gasteiger partial charge is 0.396 e. The van der Waals surface area contributed by atoms with E-state index in [-0.39, 0.29) is 24.3 Å². The van der Waals surface area contributed by atoms with Gasteiger partial charge in [0.05, 0.1) is 5.41 Å². The number of piperidine rings is 2. The van der Waals surface area contributed by atoms with Crippen molar-refractivity contribution >= 4 is 11.8 Å². The first-order chi connectivity index (χ1) is 12.0. The SMILES string of the molecule is CC1(C(=O)N2CCCC(CO)C2)CCCN(C(=O)c2ccccc2)C1. The van der Waals surface area contributed by atoms with Crippen LogP contribution in [-0.4, -0.2) is 59.5 Å². The van der Waals surface area contributed by atoms with Gasteiger partial charge in [0.2, 0.25) is 5.91 Å². The molecule has 1 N–H and O–H groups in total. The summed E-state index contributed by atoms with van der Waals surface area (Å²) in [4.78, 5) is 29.6. The van der Waals surface area contributed by atoms with Crippen molar-refractivity contribution in [2.45, 2.75) is 32.6 Å². The Hall–Kier alpha value is -1.88. The second kappa shape index (κ2) is 7.56. The lowest BCUT2D eigenvalue weighted by atomic mass is 9.79. The third-order valence-electron chi connectivity index (χ3n) is 5.59. The molecule has 5 heteroatoms. The Balaban J connectivity index is 1.70. The van der Waals surface area contributed by atoms with Crippen LogP contribution in [0, 0.1) is 11.3 Å². The van der Waals surface area contributed by atoms with Gasteiger partial charge < -0.3 is 14.9 Å². The minimum Gasteiger partial charge on any atom is -0.396 e. The summed E-state index contributed by atoms with van der Waals surface area (Å²) in [6, 6.07) is 9.28. The Morgan fingerprint density at radius 1 is 1.16 bits per heavy atom. The number of hydrogen-bond acceptors (Lipinski definition) is 3. The van der Waals surface area contributed by atoms with Gasteiger partial charge in [-0.15, -0.1) is 0 Å². The average molecular weight is 344 g/mol. The molecule has 2 aliphatic heterocycles. The van der Waals surface area contributed by atoms with Gasteiger partial charge in [-0.3, -0.25) is 9.59 Å². The van der Waals surface area contributed by atoms with E-state index in [0.717, 1.165) is 32.2 Å². The zero-order valence-electron chi connectivity index (χ0n) is 15.0. The molecule has 1 aromatic carbocycles. The molecule has 2 amide bonds. The van der Waals surface area contributed by atoms with Crippen molar-refractivity contribution < 1.29 is 14.7 Å². The van der Waals surface area contributed by atoms with Crippen molar-refractivity contribution in [2.75, 3.05) is 32.8 Å². The van der Waals surface area contributed by atoms with Crippen molar-refractivity contribution in [1.29, 1.82) is 0 Å². The molecule has 3 rings (SSSR count). The molecule has 0 saturated carbocycles. The van der Waals surface area contributed by atoms with Crippen LogP contribution in [0.4, 0.5) is 0 Å². The number of rotatable bonds is 3. The predicted octanol–water partition coefficient (Wildman–Crippen LogP) is 2.16. The van der Waals surface area contributed by atoms with E-state index < -0.39 is 5.41 Å². The molecule has 0 spiro atoms. The van der Waals surface area contributed by atoms with Crippen molar-refractivity contribution in [3.8, 4) is 0 Å². The topological polar surface area (TPSA) is 60.9 Å². The van der Waals surface area contributed by atoms with Crippen LogP contribution in [0.25, 0.3) is 0 Å². The first-order valence-corrected chi connectivity index (χ1v) is 9.28. The molecular formula is C20H28N2O3. The number of nitrogens with zero attached hydrogens (tertiary/aromatic N) is 2. The molecule has 2 aliphatic rings. The summed E-state index contributed by atoms with van der Waals surface area (Å²) in [5.74, 6) is 0.328. The molecule has 2 heterocycles. The predicted molar refractivity (Wildman–Crippen MR) is 96.1 cm³/mol. The Morgan fingerprint density at radius 3 is 2.60 bits per heavy atom. The third kappa shape index (κ3) is 3.87. The van der Waals surface area contributed by atoms with Gasteiger partial charge in [0.1, 0.15) is 0 Å². The van der Waals surface area contributed by atoms with E-state index in [1.807, 2.05) is 47.1 Å². The Labute approximate surface area is 149 Å². The fraction of sp³-hybridized carbons (Fsp3) is 0.600. The molecule has 0 aromatic heterocycles. The van der Waals surface area contributed by atoms with Crippen molar-refractivity contribution in [3.63, 3.8) is 0 Å². The summed E-state index contributed by atoms with van der Waals surface area (Å²) in [5, 5.41) is 9.42. The lowest BCUT2D eigenvalue weighted by Crippen LogP contribution is -2.54. The second-order valence-corrected chi connectivity index (χ2v) is 7.70. The molecule has 136 valence electrons. The zero-order valence-corrected chi connectivity index (χ0v) is 15.0. The molecule has 1 aromatic rings. The second-order valence-electron chi connectivity index (χ2n) is 7.70. The normalized spacial score (nSPS) is 27.2. The number of aliphatic hydroxyl groups is 1. The van der Waals surface area contributed by atoms with E-state index in [9.17, 15) is 14.7 Å². The van der Waals surface area contributed by atoms with Crippen LogP contribution in [0.5, 0.6) is 0 Å². The smallest absolute Gasteiger partial charge is 0.253 e. The number of benzene rings is 1. The number of likely N-dealkylation sites (tertiary alicyclic amines) is 2. The highest BCUT2D eigenvalue weighted by atomic mass is 16.3. The highest BCUT2D eigenvalue weighted by Gasteiger charge is 2.42. The fourth-order valence-electron chi connectivity index (χ4n) is 4.13. The molecule has 2 fully saturated rings. The van der Waals surface area contributed by atoms with Crippen LogP contribution < -0.4 is 0 Å². The molecule has 2 unspecified atom stereocenters. The standard InChI is InChI=1S/C20H28N2O3/c1-20(19(25)21-11-5-7-16(13-21)14-23)10-6-12-22(15-20)18(24)17-8-3-2-4-9-17/h2-4,8-9,16,23H,5-7,10-15H2,1H3. The monoisotopic (exact) mass is 344 g/mol. The quantitative estimate of drug-likeness (QED) is 0.914. The molecule has 0 bridgehead atoms. The van der Waals surface area contributed by atoms with Crippen LogP contribution in [0.2, 0.25) is 0 Å². The van der Waals surface area contributed by atoms with Crippen LogP contribution in [-0.2, 0) is 4.79 Å². The fourth-order valence-corrected chi connectivity index (χ4v) is 4.13. The molecule has 0 radical (unpaired) electrons. The summed E-state index contributed by atoms with van der Waals surface area (Å²) in [5.41, 5.74) is 0.151. The minimum absolute atomic E-state index is 0.00574. The van der Waals surface area contributed by atoms with E-state index in [1.165, 1.54) is 0 Å². The van der Waals surface area contributed by atoms with Gasteiger partial charge in [0.15, 0.2) is 0 Å².